The fourth-order valence-electron chi connectivity index (χ4n) is 3.40. The number of hydrogen-bond acceptors (Lipinski definition) is 2. The van der Waals surface area contributed by atoms with E-state index in [1.807, 2.05) is 0 Å². The minimum atomic E-state index is -4.63. The van der Waals surface area contributed by atoms with E-state index in [0.29, 0.717) is 6.07 Å². The summed E-state index contributed by atoms with van der Waals surface area (Å²) in [5, 5.41) is -0.253. The summed E-state index contributed by atoms with van der Waals surface area (Å²) in [7, 11) is 0. The second kappa shape index (κ2) is 5.61. The SMILES string of the molecule is O=c1c2c(oc3ccc(C(F)(F)F)cc13)C=CC1C=C(C(F)(F)F)C=CC21. The van der Waals surface area contributed by atoms with Crippen molar-refractivity contribution in [2.24, 2.45) is 5.92 Å². The van der Waals surface area contributed by atoms with Gasteiger partial charge in [-0.3, -0.25) is 4.79 Å². The lowest BCUT2D eigenvalue weighted by Gasteiger charge is -2.28. The predicted molar refractivity (Wildman–Crippen MR) is 86.0 cm³/mol. The van der Waals surface area contributed by atoms with Gasteiger partial charge in [-0.05, 0) is 24.3 Å². The molecule has 2 aliphatic rings. The van der Waals surface area contributed by atoms with E-state index in [2.05, 4.69) is 0 Å². The lowest BCUT2D eigenvalue weighted by molar-refractivity contribution is -0.137. The lowest BCUT2D eigenvalue weighted by atomic mass is 9.77. The quantitative estimate of drug-likeness (QED) is 0.554. The van der Waals surface area contributed by atoms with Crippen molar-refractivity contribution in [3.05, 3.63) is 75.2 Å². The van der Waals surface area contributed by atoms with Crippen molar-refractivity contribution in [3.63, 3.8) is 0 Å². The summed E-state index contributed by atoms with van der Waals surface area (Å²) in [5.41, 5.74) is -2.46. The van der Waals surface area contributed by atoms with Gasteiger partial charge in [0.25, 0.3) is 0 Å². The van der Waals surface area contributed by atoms with Crippen LogP contribution in [0.25, 0.3) is 17.0 Å². The Labute approximate surface area is 148 Å². The number of halogens is 6. The first kappa shape index (κ1) is 17.6. The van der Waals surface area contributed by atoms with E-state index in [4.69, 9.17) is 4.42 Å². The summed E-state index contributed by atoms with van der Waals surface area (Å²) < 4.78 is 83.1. The third-order valence-corrected chi connectivity index (χ3v) is 4.68. The minimum Gasteiger partial charge on any atom is -0.456 e. The number of alkyl halides is 6. The Bertz CT molecular complexity index is 1080. The summed E-state index contributed by atoms with van der Waals surface area (Å²) >= 11 is 0. The van der Waals surface area contributed by atoms with Crippen LogP contribution in [0.15, 0.2) is 57.3 Å². The standard InChI is InChI=1S/C19H10F6O2/c20-18(21,22)10-2-4-12-9(7-10)1-5-15-16(12)17(26)13-8-11(19(23,24)25)3-6-14(13)27-15/h1-9,12H. The van der Waals surface area contributed by atoms with Crippen molar-refractivity contribution >= 4 is 17.0 Å². The molecule has 0 amide bonds. The third kappa shape index (κ3) is 2.89. The molecule has 0 aliphatic heterocycles. The van der Waals surface area contributed by atoms with Crippen LogP contribution in [0.5, 0.6) is 0 Å². The van der Waals surface area contributed by atoms with Gasteiger partial charge in [-0.2, -0.15) is 26.3 Å². The van der Waals surface area contributed by atoms with Gasteiger partial charge >= 0.3 is 12.4 Å². The first-order valence-corrected chi connectivity index (χ1v) is 7.89. The molecule has 8 heteroatoms. The molecule has 1 aromatic carbocycles. The maximum Gasteiger partial charge on any atom is 0.416 e. The van der Waals surface area contributed by atoms with Gasteiger partial charge in [0.1, 0.15) is 11.3 Å². The minimum absolute atomic E-state index is 0.0128. The molecule has 0 radical (unpaired) electrons. The van der Waals surface area contributed by atoms with E-state index < -0.39 is 40.8 Å². The molecule has 2 atom stereocenters. The molecule has 140 valence electrons. The molecule has 1 aromatic heterocycles. The fraction of sp³-hybridized carbons (Fsp3) is 0.211. The summed E-state index contributed by atoms with van der Waals surface area (Å²) in [4.78, 5) is 12.8. The van der Waals surface area contributed by atoms with E-state index in [1.165, 1.54) is 18.2 Å². The predicted octanol–water partition coefficient (Wildman–Crippen LogP) is 5.60. The fourth-order valence-corrected chi connectivity index (χ4v) is 3.40. The molecule has 0 spiro atoms. The maximum atomic E-state index is 12.9. The topological polar surface area (TPSA) is 30.2 Å². The van der Waals surface area contributed by atoms with Crippen LogP contribution in [-0.2, 0) is 6.18 Å². The number of allylic oxidation sites excluding steroid dienone is 5. The number of hydrogen-bond donors (Lipinski definition) is 0. The summed E-state index contributed by atoms with van der Waals surface area (Å²) in [6.45, 7) is 0. The van der Waals surface area contributed by atoms with Crippen LogP contribution in [-0.4, -0.2) is 6.18 Å². The van der Waals surface area contributed by atoms with Gasteiger partial charge in [0.05, 0.1) is 22.1 Å². The molecule has 27 heavy (non-hydrogen) atoms. The van der Waals surface area contributed by atoms with E-state index in [9.17, 15) is 31.1 Å². The van der Waals surface area contributed by atoms with Crippen LogP contribution in [0.3, 0.4) is 0 Å². The van der Waals surface area contributed by atoms with Crippen molar-refractivity contribution in [2.45, 2.75) is 18.3 Å². The molecule has 0 bridgehead atoms. The van der Waals surface area contributed by atoms with Gasteiger partial charge in [0, 0.05) is 11.8 Å². The molecule has 2 aromatic rings. The molecular weight excluding hydrogens is 374 g/mol. The average molecular weight is 384 g/mol. The Morgan fingerprint density at radius 2 is 1.67 bits per heavy atom. The van der Waals surface area contributed by atoms with Crippen molar-refractivity contribution in [1.82, 2.24) is 0 Å². The van der Waals surface area contributed by atoms with Crippen LogP contribution in [0.2, 0.25) is 0 Å². The zero-order valence-electron chi connectivity index (χ0n) is 13.4. The summed E-state index contributed by atoms with van der Waals surface area (Å²) in [6, 6.07) is 2.59. The molecule has 0 saturated carbocycles. The van der Waals surface area contributed by atoms with Gasteiger partial charge in [-0.15, -0.1) is 0 Å². The summed E-state index contributed by atoms with van der Waals surface area (Å²) in [6.07, 6.45) is -3.16. The smallest absolute Gasteiger partial charge is 0.416 e. The normalized spacial score (nSPS) is 21.8. The Hall–Kier alpha value is -2.77. The molecule has 2 unspecified atom stereocenters. The van der Waals surface area contributed by atoms with Crippen molar-refractivity contribution in [2.75, 3.05) is 0 Å². The van der Waals surface area contributed by atoms with Crippen LogP contribution in [0, 0.1) is 5.92 Å². The highest BCUT2D eigenvalue weighted by atomic mass is 19.4. The largest absolute Gasteiger partial charge is 0.456 e. The third-order valence-electron chi connectivity index (χ3n) is 4.68. The van der Waals surface area contributed by atoms with Crippen LogP contribution in [0.1, 0.15) is 22.8 Å². The Morgan fingerprint density at radius 1 is 0.926 bits per heavy atom. The number of benzene rings is 1. The number of rotatable bonds is 0. The number of fused-ring (bicyclic) bond motifs is 4. The lowest BCUT2D eigenvalue weighted by Crippen LogP contribution is -2.25. The molecule has 0 saturated heterocycles. The maximum absolute atomic E-state index is 12.9. The highest BCUT2D eigenvalue weighted by Gasteiger charge is 2.38. The zero-order valence-corrected chi connectivity index (χ0v) is 13.4. The molecule has 2 nitrogen and oxygen atoms in total. The van der Waals surface area contributed by atoms with Gasteiger partial charge in [0.2, 0.25) is 0 Å². The average Bonchev–Trinajstić information content (AvgIpc) is 2.59. The highest BCUT2D eigenvalue weighted by molar-refractivity contribution is 5.80. The zero-order chi connectivity index (χ0) is 19.6. The summed E-state index contributed by atoms with van der Waals surface area (Å²) in [5.74, 6) is -1.32. The Kier molecular flexibility index (Phi) is 3.66. The van der Waals surface area contributed by atoms with Crippen molar-refractivity contribution < 1.29 is 30.8 Å². The van der Waals surface area contributed by atoms with Crippen LogP contribution >= 0.6 is 0 Å². The van der Waals surface area contributed by atoms with Gasteiger partial charge in [0.15, 0.2) is 5.43 Å². The monoisotopic (exact) mass is 384 g/mol. The van der Waals surface area contributed by atoms with E-state index in [1.54, 1.807) is 0 Å². The van der Waals surface area contributed by atoms with Gasteiger partial charge in [-0.1, -0.05) is 24.3 Å². The van der Waals surface area contributed by atoms with Crippen molar-refractivity contribution in [3.8, 4) is 0 Å². The Balaban J connectivity index is 1.89. The van der Waals surface area contributed by atoms with Gasteiger partial charge in [-0.25, -0.2) is 0 Å². The van der Waals surface area contributed by atoms with Crippen LogP contribution < -0.4 is 5.43 Å². The second-order valence-electron chi connectivity index (χ2n) is 6.36. The first-order valence-electron chi connectivity index (χ1n) is 7.89. The highest BCUT2D eigenvalue weighted by Crippen LogP contribution is 2.42. The Morgan fingerprint density at radius 3 is 2.33 bits per heavy atom. The molecule has 0 fully saturated rings. The second-order valence-corrected chi connectivity index (χ2v) is 6.36. The van der Waals surface area contributed by atoms with E-state index >= 15 is 0 Å². The van der Waals surface area contributed by atoms with Crippen molar-refractivity contribution in [1.29, 1.82) is 0 Å². The van der Waals surface area contributed by atoms with Crippen LogP contribution in [0.4, 0.5) is 26.3 Å². The molecular formula is C19H10F6O2. The van der Waals surface area contributed by atoms with E-state index in [-0.39, 0.29) is 22.3 Å². The molecule has 1 heterocycles. The van der Waals surface area contributed by atoms with E-state index in [0.717, 1.165) is 24.3 Å². The first-order chi connectivity index (χ1) is 12.6. The molecule has 2 aliphatic carbocycles. The molecule has 4 rings (SSSR count). The van der Waals surface area contributed by atoms with Gasteiger partial charge < -0.3 is 4.42 Å². The molecule has 0 N–H and O–H groups in total.